The van der Waals surface area contributed by atoms with Crippen molar-refractivity contribution in [3.63, 3.8) is 0 Å². The summed E-state index contributed by atoms with van der Waals surface area (Å²) in [7, 11) is 1.77. The van der Waals surface area contributed by atoms with Crippen LogP contribution in [0.1, 0.15) is 22.8 Å². The number of benzene rings is 1. The molecule has 110 valence electrons. The number of ether oxygens (including phenoxy) is 1. The highest BCUT2D eigenvalue weighted by molar-refractivity contribution is 5.83. The van der Waals surface area contributed by atoms with Crippen LogP contribution in [0.4, 0.5) is 5.82 Å². The smallest absolute Gasteiger partial charge is 0.254 e. The molecule has 1 aromatic carbocycles. The third-order valence-corrected chi connectivity index (χ3v) is 3.75. The molecule has 1 amide bonds. The Morgan fingerprint density at radius 1 is 1.52 bits per heavy atom. The van der Waals surface area contributed by atoms with Gasteiger partial charge in [0.05, 0.1) is 12.8 Å². The number of nitrogens with zero attached hydrogens (tertiary/aromatic N) is 2. The van der Waals surface area contributed by atoms with E-state index in [1.807, 2.05) is 24.3 Å². The summed E-state index contributed by atoms with van der Waals surface area (Å²) >= 11 is 0. The summed E-state index contributed by atoms with van der Waals surface area (Å²) in [5.41, 5.74) is 8.78. The number of nitrogens with two attached hydrogens (primary N) is 1. The van der Waals surface area contributed by atoms with Gasteiger partial charge in [0.15, 0.2) is 6.10 Å². The van der Waals surface area contributed by atoms with Crippen LogP contribution in [0.5, 0.6) is 0 Å². The van der Waals surface area contributed by atoms with Crippen molar-refractivity contribution in [2.45, 2.75) is 19.1 Å². The maximum Gasteiger partial charge on any atom is 0.254 e. The van der Waals surface area contributed by atoms with Crippen LogP contribution < -0.4 is 11.1 Å². The third-order valence-electron chi connectivity index (χ3n) is 3.75. The van der Waals surface area contributed by atoms with E-state index in [2.05, 4.69) is 10.4 Å². The van der Waals surface area contributed by atoms with Gasteiger partial charge in [0, 0.05) is 19.2 Å². The van der Waals surface area contributed by atoms with Gasteiger partial charge in [-0.25, -0.2) is 0 Å². The van der Waals surface area contributed by atoms with Gasteiger partial charge in [-0.3, -0.25) is 9.48 Å². The molecule has 1 atom stereocenters. The van der Waals surface area contributed by atoms with E-state index in [0.717, 1.165) is 17.5 Å². The number of carbonyl (C=O) groups excluding carboxylic acids is 1. The number of aromatic nitrogens is 2. The second kappa shape index (κ2) is 5.57. The van der Waals surface area contributed by atoms with Crippen molar-refractivity contribution in [2.75, 3.05) is 12.3 Å². The number of rotatable bonds is 3. The van der Waals surface area contributed by atoms with Crippen molar-refractivity contribution >= 4 is 11.7 Å². The lowest BCUT2D eigenvalue weighted by Gasteiger charge is -2.25. The summed E-state index contributed by atoms with van der Waals surface area (Å²) in [6, 6.07) is 7.89. The summed E-state index contributed by atoms with van der Waals surface area (Å²) in [5, 5.41) is 6.92. The summed E-state index contributed by atoms with van der Waals surface area (Å²) in [4.78, 5) is 12.3. The van der Waals surface area contributed by atoms with E-state index in [-0.39, 0.29) is 5.91 Å². The summed E-state index contributed by atoms with van der Waals surface area (Å²) in [6.45, 7) is 0.907. The monoisotopic (exact) mass is 286 g/mol. The van der Waals surface area contributed by atoms with Gasteiger partial charge >= 0.3 is 0 Å². The first-order valence-electron chi connectivity index (χ1n) is 6.90. The third kappa shape index (κ3) is 2.62. The summed E-state index contributed by atoms with van der Waals surface area (Å²) < 4.78 is 7.20. The molecule has 0 radical (unpaired) electrons. The largest absolute Gasteiger partial charge is 0.384 e. The average Bonchev–Trinajstić information content (AvgIpc) is 2.84. The Kier molecular flexibility index (Phi) is 3.62. The molecule has 6 heteroatoms. The van der Waals surface area contributed by atoms with Crippen LogP contribution in [0, 0.1) is 0 Å². The molecule has 1 aliphatic rings. The standard InChI is InChI=1S/C15H18N4O2/c1-19-14(16)11(9-18-19)8-17-15(20)13-12-5-3-2-4-10(12)6-7-21-13/h2-5,9,13H,6-8,16H2,1H3,(H,17,20). The predicted octanol–water partition coefficient (Wildman–Crippen LogP) is 0.932. The van der Waals surface area contributed by atoms with Gasteiger partial charge < -0.3 is 15.8 Å². The van der Waals surface area contributed by atoms with Crippen molar-refractivity contribution in [3.05, 3.63) is 47.2 Å². The topological polar surface area (TPSA) is 82.2 Å². The Balaban J connectivity index is 1.71. The van der Waals surface area contributed by atoms with Gasteiger partial charge in [0.1, 0.15) is 5.82 Å². The van der Waals surface area contributed by atoms with E-state index < -0.39 is 6.10 Å². The molecule has 1 unspecified atom stereocenters. The van der Waals surface area contributed by atoms with Gasteiger partial charge in [-0.2, -0.15) is 5.10 Å². The zero-order chi connectivity index (χ0) is 14.8. The van der Waals surface area contributed by atoms with Gasteiger partial charge in [0.2, 0.25) is 0 Å². The van der Waals surface area contributed by atoms with E-state index in [4.69, 9.17) is 10.5 Å². The van der Waals surface area contributed by atoms with E-state index in [0.29, 0.717) is 19.0 Å². The van der Waals surface area contributed by atoms with E-state index >= 15 is 0 Å². The van der Waals surface area contributed by atoms with Crippen LogP contribution in [-0.2, 0) is 29.5 Å². The van der Waals surface area contributed by atoms with Crippen molar-refractivity contribution in [3.8, 4) is 0 Å². The number of amides is 1. The molecular formula is C15H18N4O2. The molecule has 1 aromatic heterocycles. The number of nitrogens with one attached hydrogen (secondary N) is 1. The molecule has 0 saturated heterocycles. The quantitative estimate of drug-likeness (QED) is 0.879. The Hall–Kier alpha value is -2.34. The van der Waals surface area contributed by atoms with Crippen molar-refractivity contribution in [2.24, 2.45) is 7.05 Å². The first-order valence-corrected chi connectivity index (χ1v) is 6.90. The van der Waals surface area contributed by atoms with Crippen LogP contribution >= 0.6 is 0 Å². The molecule has 21 heavy (non-hydrogen) atoms. The second-order valence-electron chi connectivity index (χ2n) is 5.10. The Bertz CT molecular complexity index is 665. The zero-order valence-electron chi connectivity index (χ0n) is 11.9. The molecule has 3 rings (SSSR count). The second-order valence-corrected chi connectivity index (χ2v) is 5.10. The molecule has 2 heterocycles. The summed E-state index contributed by atoms with van der Waals surface area (Å²) in [5.74, 6) is 0.408. The first-order chi connectivity index (χ1) is 10.2. The minimum Gasteiger partial charge on any atom is -0.384 e. The number of anilines is 1. The highest BCUT2D eigenvalue weighted by Crippen LogP contribution is 2.27. The van der Waals surface area contributed by atoms with Crippen molar-refractivity contribution < 1.29 is 9.53 Å². The molecule has 0 bridgehead atoms. The zero-order valence-corrected chi connectivity index (χ0v) is 11.9. The van der Waals surface area contributed by atoms with Crippen molar-refractivity contribution in [1.29, 1.82) is 0 Å². The molecule has 0 fully saturated rings. The van der Waals surface area contributed by atoms with E-state index in [9.17, 15) is 4.79 Å². The van der Waals surface area contributed by atoms with Gasteiger partial charge in [-0.05, 0) is 17.5 Å². The Morgan fingerprint density at radius 3 is 3.10 bits per heavy atom. The molecule has 0 spiro atoms. The number of aryl methyl sites for hydroxylation is 1. The van der Waals surface area contributed by atoms with Crippen LogP contribution in [-0.4, -0.2) is 22.3 Å². The maximum atomic E-state index is 12.3. The lowest BCUT2D eigenvalue weighted by molar-refractivity contribution is -0.134. The van der Waals surface area contributed by atoms with Crippen LogP contribution in [0.3, 0.4) is 0 Å². The number of hydrogen-bond acceptors (Lipinski definition) is 4. The molecule has 0 aliphatic carbocycles. The predicted molar refractivity (Wildman–Crippen MR) is 78.3 cm³/mol. The number of nitrogen functional groups attached to an aromatic ring is 1. The normalized spacial score (nSPS) is 17.3. The van der Waals surface area contributed by atoms with Crippen LogP contribution in [0.15, 0.2) is 30.5 Å². The van der Waals surface area contributed by atoms with Gasteiger partial charge in [-0.1, -0.05) is 24.3 Å². The van der Waals surface area contributed by atoms with E-state index in [1.54, 1.807) is 17.9 Å². The van der Waals surface area contributed by atoms with E-state index in [1.165, 1.54) is 5.56 Å². The fourth-order valence-corrected chi connectivity index (χ4v) is 2.51. The minimum atomic E-state index is -0.548. The molecule has 0 saturated carbocycles. The number of fused-ring (bicyclic) bond motifs is 1. The first kappa shape index (κ1) is 13.6. The number of carbonyl (C=O) groups is 1. The molecule has 6 nitrogen and oxygen atoms in total. The Morgan fingerprint density at radius 2 is 2.33 bits per heavy atom. The molecule has 2 aromatic rings. The molecular weight excluding hydrogens is 268 g/mol. The molecule has 3 N–H and O–H groups in total. The minimum absolute atomic E-state index is 0.148. The van der Waals surface area contributed by atoms with Crippen LogP contribution in [0.2, 0.25) is 0 Å². The highest BCUT2D eigenvalue weighted by atomic mass is 16.5. The molecule has 1 aliphatic heterocycles. The number of hydrogen-bond donors (Lipinski definition) is 2. The SMILES string of the molecule is Cn1ncc(CNC(=O)C2OCCc3ccccc32)c1N. The Labute approximate surface area is 122 Å². The highest BCUT2D eigenvalue weighted by Gasteiger charge is 2.27. The summed E-state index contributed by atoms with van der Waals surface area (Å²) in [6.07, 6.45) is 1.95. The fourth-order valence-electron chi connectivity index (χ4n) is 2.51. The van der Waals surface area contributed by atoms with Crippen LogP contribution in [0.25, 0.3) is 0 Å². The maximum absolute atomic E-state index is 12.3. The fraction of sp³-hybridized carbons (Fsp3) is 0.333. The van der Waals surface area contributed by atoms with Gasteiger partial charge in [0.25, 0.3) is 5.91 Å². The average molecular weight is 286 g/mol. The lowest BCUT2D eigenvalue weighted by Crippen LogP contribution is -2.33. The van der Waals surface area contributed by atoms with Crippen molar-refractivity contribution in [1.82, 2.24) is 15.1 Å². The lowest BCUT2D eigenvalue weighted by atomic mass is 9.97. The van der Waals surface area contributed by atoms with Gasteiger partial charge in [-0.15, -0.1) is 0 Å².